The second-order valence-electron chi connectivity index (χ2n) is 8.43. The van der Waals surface area contributed by atoms with Crippen LogP contribution in [-0.2, 0) is 4.79 Å². The molecule has 5 nitrogen and oxygen atoms in total. The molecular weight excluding hydrogens is 437 g/mol. The SMILES string of the molecule is O=C1C[C@@H](c2cccs2)CC2=C1[C@H](c1cccc(F)c1)c1c([nH]n(-c3ccccc3)c1=O)N2. The van der Waals surface area contributed by atoms with Crippen molar-refractivity contribution in [1.29, 1.82) is 0 Å². The number of carbonyl (C=O) groups excluding carboxylic acids is 1. The second-order valence-corrected chi connectivity index (χ2v) is 9.40. The van der Waals surface area contributed by atoms with E-state index in [0.717, 1.165) is 5.70 Å². The van der Waals surface area contributed by atoms with Crippen LogP contribution in [0, 0.1) is 5.82 Å². The molecule has 2 aliphatic rings. The fourth-order valence-corrected chi connectivity index (χ4v) is 5.83. The van der Waals surface area contributed by atoms with Gasteiger partial charge in [-0.15, -0.1) is 11.3 Å². The molecule has 1 aliphatic carbocycles. The zero-order valence-electron chi connectivity index (χ0n) is 17.5. The molecule has 0 spiro atoms. The first-order valence-electron chi connectivity index (χ1n) is 10.8. The minimum Gasteiger partial charge on any atom is -0.343 e. The van der Waals surface area contributed by atoms with E-state index in [1.54, 1.807) is 23.5 Å². The number of para-hydroxylation sites is 1. The average Bonchev–Trinajstić information content (AvgIpc) is 3.47. The molecule has 0 amide bonds. The number of anilines is 1. The number of nitrogens with one attached hydrogen (secondary N) is 2. The maximum atomic E-state index is 14.2. The van der Waals surface area contributed by atoms with E-state index in [9.17, 15) is 14.0 Å². The summed E-state index contributed by atoms with van der Waals surface area (Å²) in [5.41, 5.74) is 2.84. The minimum atomic E-state index is -0.627. The van der Waals surface area contributed by atoms with Gasteiger partial charge in [-0.25, -0.2) is 9.07 Å². The number of aromatic amines is 1. The van der Waals surface area contributed by atoms with Crippen LogP contribution < -0.4 is 10.9 Å². The van der Waals surface area contributed by atoms with Crippen LogP contribution in [0.4, 0.5) is 10.2 Å². The third-order valence-electron chi connectivity index (χ3n) is 6.43. The van der Waals surface area contributed by atoms with Crippen LogP contribution >= 0.6 is 11.3 Å². The van der Waals surface area contributed by atoms with E-state index >= 15 is 0 Å². The summed E-state index contributed by atoms with van der Waals surface area (Å²) < 4.78 is 15.7. The number of halogens is 1. The third kappa shape index (κ3) is 3.27. The molecule has 6 rings (SSSR count). The molecule has 4 aromatic rings. The van der Waals surface area contributed by atoms with Crippen molar-refractivity contribution in [3.8, 4) is 5.69 Å². The zero-order chi connectivity index (χ0) is 22.5. The van der Waals surface area contributed by atoms with Crippen LogP contribution in [0.25, 0.3) is 5.69 Å². The predicted octanol–water partition coefficient (Wildman–Crippen LogP) is 5.32. The Balaban J connectivity index is 1.54. The summed E-state index contributed by atoms with van der Waals surface area (Å²) >= 11 is 1.65. The van der Waals surface area contributed by atoms with Crippen LogP contribution in [-0.4, -0.2) is 15.6 Å². The molecule has 0 saturated carbocycles. The van der Waals surface area contributed by atoms with Gasteiger partial charge in [-0.05, 0) is 47.7 Å². The first-order chi connectivity index (χ1) is 16.1. The summed E-state index contributed by atoms with van der Waals surface area (Å²) in [6.07, 6.45) is 1.03. The number of benzene rings is 2. The number of Topliss-reactive ketones (excluding diaryl/α,β-unsaturated/α-hetero) is 1. The molecule has 1 aliphatic heterocycles. The number of allylic oxidation sites excluding steroid dienone is 2. The predicted molar refractivity (Wildman–Crippen MR) is 127 cm³/mol. The molecule has 2 N–H and O–H groups in total. The number of rotatable bonds is 3. The first kappa shape index (κ1) is 19.9. The van der Waals surface area contributed by atoms with Crippen LogP contribution in [0.3, 0.4) is 0 Å². The monoisotopic (exact) mass is 457 g/mol. The van der Waals surface area contributed by atoms with Crippen molar-refractivity contribution in [3.05, 3.63) is 116 Å². The lowest BCUT2D eigenvalue weighted by Gasteiger charge is -2.34. The van der Waals surface area contributed by atoms with Crippen molar-refractivity contribution in [2.24, 2.45) is 0 Å². The first-order valence-corrected chi connectivity index (χ1v) is 11.7. The maximum Gasteiger partial charge on any atom is 0.277 e. The molecule has 3 heterocycles. The summed E-state index contributed by atoms with van der Waals surface area (Å²) in [5, 5.41) is 8.56. The van der Waals surface area contributed by atoms with Crippen molar-refractivity contribution in [3.63, 3.8) is 0 Å². The Morgan fingerprint density at radius 2 is 1.82 bits per heavy atom. The Morgan fingerprint density at radius 3 is 2.58 bits per heavy atom. The van der Waals surface area contributed by atoms with Gasteiger partial charge in [0.2, 0.25) is 0 Å². The summed E-state index contributed by atoms with van der Waals surface area (Å²) in [6, 6.07) is 19.5. The van der Waals surface area contributed by atoms with Gasteiger partial charge in [-0.1, -0.05) is 36.4 Å². The Hall–Kier alpha value is -3.71. The molecule has 0 unspecified atom stereocenters. The maximum absolute atomic E-state index is 14.2. The van der Waals surface area contributed by atoms with Crippen molar-refractivity contribution in [1.82, 2.24) is 9.78 Å². The van der Waals surface area contributed by atoms with Crippen LogP contribution in [0.2, 0.25) is 0 Å². The standard InChI is InChI=1S/C26H20FN3O2S/c27-17-7-4-6-15(12-17)22-23-19(13-16(14-20(23)31)21-10-5-11-33-21)28-25-24(22)26(32)30(29-25)18-8-2-1-3-9-18/h1-12,16,22,28-29H,13-14H2/t16-,22-/m0/s1. The number of H-pyrrole nitrogens is 1. The molecular formula is C26H20FN3O2S. The highest BCUT2D eigenvalue weighted by Crippen LogP contribution is 2.47. The normalized spacial score (nSPS) is 19.7. The summed E-state index contributed by atoms with van der Waals surface area (Å²) in [7, 11) is 0. The van der Waals surface area contributed by atoms with Crippen LogP contribution in [0.5, 0.6) is 0 Å². The number of carbonyl (C=O) groups is 1. The zero-order valence-corrected chi connectivity index (χ0v) is 18.4. The molecule has 2 aromatic heterocycles. The largest absolute Gasteiger partial charge is 0.343 e. The second kappa shape index (κ2) is 7.71. The Labute approximate surface area is 193 Å². The van der Waals surface area contributed by atoms with Crippen LogP contribution in [0.15, 0.2) is 88.2 Å². The molecule has 0 saturated heterocycles. The third-order valence-corrected chi connectivity index (χ3v) is 7.46. The number of hydrogen-bond donors (Lipinski definition) is 2. The molecule has 0 bridgehead atoms. The lowest BCUT2D eigenvalue weighted by molar-refractivity contribution is -0.116. The van der Waals surface area contributed by atoms with Gasteiger partial charge in [0.05, 0.1) is 11.3 Å². The van der Waals surface area contributed by atoms with Gasteiger partial charge in [0.15, 0.2) is 5.78 Å². The summed E-state index contributed by atoms with van der Waals surface area (Å²) in [6.45, 7) is 0. The number of aromatic nitrogens is 2. The summed E-state index contributed by atoms with van der Waals surface area (Å²) in [5.74, 6) is -0.391. The van der Waals surface area contributed by atoms with Crippen molar-refractivity contribution in [2.45, 2.75) is 24.7 Å². The fraction of sp³-hybridized carbons (Fsp3) is 0.154. The Morgan fingerprint density at radius 1 is 0.970 bits per heavy atom. The summed E-state index contributed by atoms with van der Waals surface area (Å²) in [4.78, 5) is 28.2. The van der Waals surface area contributed by atoms with Gasteiger partial charge >= 0.3 is 0 Å². The smallest absolute Gasteiger partial charge is 0.277 e. The highest BCUT2D eigenvalue weighted by atomic mass is 32.1. The van der Waals surface area contributed by atoms with Gasteiger partial charge in [0, 0.05) is 34.4 Å². The van der Waals surface area contributed by atoms with Crippen LogP contribution in [0.1, 0.15) is 40.7 Å². The van der Waals surface area contributed by atoms with E-state index in [2.05, 4.69) is 16.5 Å². The molecule has 7 heteroatoms. The van der Waals surface area contributed by atoms with E-state index < -0.39 is 11.7 Å². The van der Waals surface area contributed by atoms with Gasteiger partial charge in [-0.3, -0.25) is 14.7 Å². The molecule has 2 atom stereocenters. The van der Waals surface area contributed by atoms with Gasteiger partial charge < -0.3 is 5.32 Å². The minimum absolute atomic E-state index is 0.00563. The number of ketones is 1. The molecule has 0 radical (unpaired) electrons. The molecule has 2 aromatic carbocycles. The molecule has 33 heavy (non-hydrogen) atoms. The van der Waals surface area contributed by atoms with E-state index in [0.29, 0.717) is 41.0 Å². The van der Waals surface area contributed by atoms with Crippen molar-refractivity contribution >= 4 is 22.9 Å². The Bertz CT molecular complexity index is 1450. The van der Waals surface area contributed by atoms with Gasteiger partial charge in [0.25, 0.3) is 5.56 Å². The van der Waals surface area contributed by atoms with Gasteiger partial charge in [-0.2, -0.15) is 0 Å². The van der Waals surface area contributed by atoms with Crippen molar-refractivity contribution in [2.75, 3.05) is 5.32 Å². The van der Waals surface area contributed by atoms with E-state index in [4.69, 9.17) is 0 Å². The fourth-order valence-electron chi connectivity index (χ4n) is 5.00. The van der Waals surface area contributed by atoms with E-state index in [1.165, 1.54) is 21.7 Å². The van der Waals surface area contributed by atoms with Gasteiger partial charge in [0.1, 0.15) is 11.6 Å². The van der Waals surface area contributed by atoms with Crippen molar-refractivity contribution < 1.29 is 9.18 Å². The lowest BCUT2D eigenvalue weighted by atomic mass is 9.74. The molecule has 0 fully saturated rings. The number of fused-ring (bicyclic) bond motifs is 1. The molecule has 164 valence electrons. The Kier molecular flexibility index (Phi) is 4.66. The lowest BCUT2D eigenvalue weighted by Crippen LogP contribution is -2.31. The average molecular weight is 458 g/mol. The van der Waals surface area contributed by atoms with E-state index in [-0.39, 0.29) is 17.3 Å². The van der Waals surface area contributed by atoms with E-state index in [1.807, 2.05) is 41.8 Å². The number of thiophene rings is 1. The number of hydrogen-bond acceptors (Lipinski definition) is 4. The quantitative estimate of drug-likeness (QED) is 0.437. The highest BCUT2D eigenvalue weighted by molar-refractivity contribution is 7.10. The number of nitrogens with zero attached hydrogens (tertiary/aromatic N) is 1. The highest BCUT2D eigenvalue weighted by Gasteiger charge is 2.41. The topological polar surface area (TPSA) is 66.9 Å².